The third-order valence-corrected chi connectivity index (χ3v) is 7.04. The van der Waals surface area contributed by atoms with Crippen molar-refractivity contribution in [3.63, 3.8) is 0 Å². The molecule has 1 heterocycles. The Hall–Kier alpha value is -1.24. The van der Waals surface area contributed by atoms with E-state index in [1.165, 1.54) is 16.9 Å². The van der Waals surface area contributed by atoms with Gasteiger partial charge in [0.15, 0.2) is 0 Å². The van der Waals surface area contributed by atoms with E-state index in [9.17, 15) is 9.90 Å². The molecule has 5 nitrogen and oxygen atoms in total. The van der Waals surface area contributed by atoms with Crippen LogP contribution in [0.1, 0.15) is 52.5 Å². The number of likely N-dealkylation sites (tertiary alicyclic amines) is 1. The summed E-state index contributed by atoms with van der Waals surface area (Å²) in [7, 11) is 0. The van der Waals surface area contributed by atoms with Crippen LogP contribution < -0.4 is 0 Å². The molecule has 0 spiro atoms. The largest absolute Gasteiger partial charge is 0.444 e. The lowest BCUT2D eigenvalue weighted by atomic mass is 9.91. The van der Waals surface area contributed by atoms with Crippen LogP contribution in [-0.4, -0.2) is 53.3 Å². The highest BCUT2D eigenvalue weighted by Crippen LogP contribution is 2.48. The average Bonchev–Trinajstić information content (AvgIpc) is 3.46. The van der Waals surface area contributed by atoms with Crippen molar-refractivity contribution in [2.75, 3.05) is 25.4 Å². The van der Waals surface area contributed by atoms with Crippen LogP contribution in [0.2, 0.25) is 0 Å². The molecular formula is C24H37NO4S. The predicted octanol–water partition coefficient (Wildman–Crippen LogP) is 4.96. The molecule has 0 aromatic heterocycles. The minimum atomic E-state index is -0.427. The van der Waals surface area contributed by atoms with Gasteiger partial charge in [0.25, 0.3) is 0 Å². The van der Waals surface area contributed by atoms with E-state index in [0.29, 0.717) is 18.4 Å². The van der Waals surface area contributed by atoms with Gasteiger partial charge in [-0.1, -0.05) is 12.1 Å². The summed E-state index contributed by atoms with van der Waals surface area (Å²) in [4.78, 5) is 15.2. The Morgan fingerprint density at radius 1 is 1.23 bits per heavy atom. The van der Waals surface area contributed by atoms with E-state index in [0.717, 1.165) is 44.2 Å². The van der Waals surface area contributed by atoms with Crippen molar-refractivity contribution >= 4 is 17.9 Å². The summed E-state index contributed by atoms with van der Waals surface area (Å²) in [5.74, 6) is 2.85. The molecule has 2 unspecified atom stereocenters. The lowest BCUT2D eigenvalue weighted by molar-refractivity contribution is 0.0170. The fourth-order valence-electron chi connectivity index (χ4n) is 4.10. The van der Waals surface area contributed by atoms with Crippen molar-refractivity contribution in [3.05, 3.63) is 29.8 Å². The van der Waals surface area contributed by atoms with Gasteiger partial charge in [-0.3, -0.25) is 0 Å². The molecule has 168 valence electrons. The second-order valence-corrected chi connectivity index (χ2v) is 10.9. The van der Waals surface area contributed by atoms with Crippen LogP contribution in [0.15, 0.2) is 29.2 Å². The van der Waals surface area contributed by atoms with Gasteiger partial charge in [0.1, 0.15) is 5.60 Å². The standard InChI is InChI=1S/C24H37NO4S/c1-17(26)16-30-21-7-5-18(6-8-21)14-28-15-20-13-22(20)19-9-11-25(12-10-19)23(27)29-24(2,3)4/h5-8,17,19-20,22,26H,9-16H2,1-4H3/t17?,20-,22?/m0/s1. The fourth-order valence-corrected chi connectivity index (χ4v) is 4.87. The normalized spacial score (nSPS) is 23.3. The molecule has 6 heteroatoms. The molecule has 0 bridgehead atoms. The Morgan fingerprint density at radius 3 is 2.50 bits per heavy atom. The quantitative estimate of drug-likeness (QED) is 0.585. The lowest BCUT2D eigenvalue weighted by Crippen LogP contribution is -2.42. The summed E-state index contributed by atoms with van der Waals surface area (Å²) in [5.41, 5.74) is 0.767. The number of nitrogens with zero attached hydrogens (tertiary/aromatic N) is 1. The van der Waals surface area contributed by atoms with E-state index in [1.54, 1.807) is 11.8 Å². The molecule has 1 aromatic rings. The van der Waals surface area contributed by atoms with Gasteiger partial charge in [0, 0.05) is 23.7 Å². The average molecular weight is 436 g/mol. The highest BCUT2D eigenvalue weighted by molar-refractivity contribution is 7.99. The molecule has 1 aliphatic carbocycles. The molecule has 1 aliphatic heterocycles. The smallest absolute Gasteiger partial charge is 0.410 e. The van der Waals surface area contributed by atoms with Crippen molar-refractivity contribution in [1.29, 1.82) is 0 Å². The van der Waals surface area contributed by atoms with Crippen molar-refractivity contribution in [1.82, 2.24) is 4.90 Å². The number of carbonyl (C=O) groups is 1. The third-order valence-electron chi connectivity index (χ3n) is 5.79. The summed E-state index contributed by atoms with van der Waals surface area (Å²) in [6.45, 7) is 10.7. The highest BCUT2D eigenvalue weighted by Gasteiger charge is 2.44. The number of aliphatic hydroxyl groups excluding tert-OH is 1. The first-order chi connectivity index (χ1) is 14.2. The first kappa shape index (κ1) is 23.4. The summed E-state index contributed by atoms with van der Waals surface area (Å²) < 4.78 is 11.5. The molecule has 0 radical (unpaired) electrons. The molecular weight excluding hydrogens is 398 g/mol. The predicted molar refractivity (Wildman–Crippen MR) is 121 cm³/mol. The zero-order valence-electron chi connectivity index (χ0n) is 18.8. The van der Waals surface area contributed by atoms with E-state index in [-0.39, 0.29) is 12.2 Å². The summed E-state index contributed by atoms with van der Waals surface area (Å²) in [5, 5.41) is 9.37. The summed E-state index contributed by atoms with van der Waals surface area (Å²) in [6.07, 6.45) is 2.95. The third kappa shape index (κ3) is 7.47. The molecule has 1 aromatic carbocycles. The molecule has 1 saturated carbocycles. The highest BCUT2D eigenvalue weighted by atomic mass is 32.2. The Morgan fingerprint density at radius 2 is 1.90 bits per heavy atom. The molecule has 1 N–H and O–H groups in total. The number of amides is 1. The zero-order chi connectivity index (χ0) is 21.7. The van der Waals surface area contributed by atoms with Gasteiger partial charge >= 0.3 is 6.09 Å². The minimum absolute atomic E-state index is 0.174. The van der Waals surface area contributed by atoms with Crippen LogP contribution in [0.25, 0.3) is 0 Å². The zero-order valence-corrected chi connectivity index (χ0v) is 19.6. The summed E-state index contributed by atoms with van der Waals surface area (Å²) >= 11 is 1.67. The molecule has 1 amide bonds. The van der Waals surface area contributed by atoms with Crippen LogP contribution in [0, 0.1) is 17.8 Å². The Labute approximate surface area is 185 Å². The van der Waals surface area contributed by atoms with Crippen molar-refractivity contribution in [2.24, 2.45) is 17.8 Å². The Kier molecular flexibility index (Phi) is 8.11. The maximum absolute atomic E-state index is 12.2. The second kappa shape index (κ2) is 10.4. The molecule has 2 fully saturated rings. The van der Waals surface area contributed by atoms with Gasteiger partial charge in [-0.2, -0.15) is 0 Å². The van der Waals surface area contributed by atoms with E-state index in [1.807, 2.05) is 32.6 Å². The molecule has 1 saturated heterocycles. The minimum Gasteiger partial charge on any atom is -0.444 e. The van der Waals surface area contributed by atoms with Gasteiger partial charge in [-0.15, -0.1) is 11.8 Å². The van der Waals surface area contributed by atoms with E-state index in [2.05, 4.69) is 24.3 Å². The maximum atomic E-state index is 12.2. The van der Waals surface area contributed by atoms with E-state index in [4.69, 9.17) is 9.47 Å². The number of piperidine rings is 1. The number of aliphatic hydroxyl groups is 1. The monoisotopic (exact) mass is 435 g/mol. The number of thioether (sulfide) groups is 1. The maximum Gasteiger partial charge on any atom is 0.410 e. The van der Waals surface area contributed by atoms with Crippen LogP contribution >= 0.6 is 11.8 Å². The number of hydrogen-bond acceptors (Lipinski definition) is 5. The van der Waals surface area contributed by atoms with Crippen LogP contribution in [0.3, 0.4) is 0 Å². The van der Waals surface area contributed by atoms with Crippen molar-refractivity contribution in [2.45, 2.75) is 70.2 Å². The van der Waals surface area contributed by atoms with Gasteiger partial charge in [0.2, 0.25) is 0 Å². The van der Waals surface area contributed by atoms with Gasteiger partial charge in [0.05, 0.1) is 19.3 Å². The van der Waals surface area contributed by atoms with Crippen molar-refractivity contribution < 1.29 is 19.4 Å². The number of rotatable bonds is 8. The molecule has 3 atom stereocenters. The fraction of sp³-hybridized carbons (Fsp3) is 0.708. The van der Waals surface area contributed by atoms with E-state index >= 15 is 0 Å². The van der Waals surface area contributed by atoms with Crippen molar-refractivity contribution in [3.8, 4) is 0 Å². The van der Waals surface area contributed by atoms with Gasteiger partial charge in [-0.25, -0.2) is 4.79 Å². The van der Waals surface area contributed by atoms with Gasteiger partial charge in [-0.05, 0) is 82.4 Å². The first-order valence-corrected chi connectivity index (χ1v) is 12.2. The van der Waals surface area contributed by atoms with Crippen LogP contribution in [0.5, 0.6) is 0 Å². The molecule has 2 aliphatic rings. The van der Waals surface area contributed by atoms with Crippen LogP contribution in [-0.2, 0) is 16.1 Å². The SMILES string of the molecule is CC(O)CSc1ccc(COC[C@@H]2CC2C2CCN(C(=O)OC(C)(C)C)CC2)cc1. The van der Waals surface area contributed by atoms with E-state index < -0.39 is 5.60 Å². The number of carbonyl (C=O) groups excluding carboxylic acids is 1. The lowest BCUT2D eigenvalue weighted by Gasteiger charge is -2.33. The Balaban J connectivity index is 1.31. The molecule has 30 heavy (non-hydrogen) atoms. The number of hydrogen-bond donors (Lipinski definition) is 1. The topological polar surface area (TPSA) is 59.0 Å². The number of benzene rings is 1. The Bertz CT molecular complexity index is 677. The first-order valence-electron chi connectivity index (χ1n) is 11.2. The van der Waals surface area contributed by atoms with Crippen LogP contribution in [0.4, 0.5) is 4.79 Å². The second-order valence-electron chi connectivity index (χ2n) is 9.78. The molecule has 3 rings (SSSR count). The number of ether oxygens (including phenoxy) is 2. The van der Waals surface area contributed by atoms with Gasteiger partial charge < -0.3 is 19.5 Å². The summed E-state index contributed by atoms with van der Waals surface area (Å²) in [6, 6.07) is 8.43.